The molecule has 31 heavy (non-hydrogen) atoms. The lowest BCUT2D eigenvalue weighted by molar-refractivity contribution is 0.0988. The summed E-state index contributed by atoms with van der Waals surface area (Å²) in [5.74, 6) is -0.302. The second-order valence-electron chi connectivity index (χ2n) is 7.42. The Kier molecular flexibility index (Phi) is 5.67. The van der Waals surface area contributed by atoms with E-state index in [0.29, 0.717) is 12.2 Å². The minimum Gasteiger partial charge on any atom is -0.479 e. The molecule has 0 spiro atoms. The molecule has 0 unspecified atom stereocenters. The smallest absolute Gasteiger partial charge is 0.185 e. The van der Waals surface area contributed by atoms with Gasteiger partial charge in [0.15, 0.2) is 22.6 Å². The molecule has 9 heteroatoms. The van der Waals surface area contributed by atoms with Crippen molar-refractivity contribution in [3.8, 4) is 18.1 Å². The number of halogens is 3. The van der Waals surface area contributed by atoms with Crippen LogP contribution in [0.1, 0.15) is 28.0 Å². The third-order valence-corrected chi connectivity index (χ3v) is 6.55. The zero-order valence-electron chi connectivity index (χ0n) is 16.3. The van der Waals surface area contributed by atoms with Crippen LogP contribution in [0.4, 0.5) is 13.2 Å². The van der Waals surface area contributed by atoms with E-state index in [2.05, 4.69) is 15.9 Å². The third-order valence-electron chi connectivity index (χ3n) is 5.39. The van der Waals surface area contributed by atoms with Crippen molar-refractivity contribution in [3.05, 3.63) is 58.9 Å². The lowest BCUT2D eigenvalue weighted by Gasteiger charge is -2.31. The molecular formula is C22H18F3N3O2S. The fourth-order valence-corrected chi connectivity index (χ4v) is 5.04. The van der Waals surface area contributed by atoms with E-state index in [0.717, 1.165) is 6.07 Å². The third kappa shape index (κ3) is 4.00. The number of aromatic nitrogens is 1. The van der Waals surface area contributed by atoms with Crippen LogP contribution in [-0.4, -0.2) is 34.5 Å². The van der Waals surface area contributed by atoms with Crippen LogP contribution < -0.4 is 10.5 Å². The van der Waals surface area contributed by atoms with Crippen LogP contribution in [-0.2, 0) is 12.0 Å². The van der Waals surface area contributed by atoms with E-state index in [4.69, 9.17) is 16.9 Å². The number of fused-ring (bicyclic) bond motifs is 1. The molecule has 0 radical (unpaired) electrons. The Morgan fingerprint density at radius 1 is 1.39 bits per heavy atom. The summed E-state index contributed by atoms with van der Waals surface area (Å²) in [6.07, 6.45) is 6.84. The SMILES string of the molecule is C#CCOc1ccc(C(=O)Cc2cc(F)c(F)c([C@@]3(CF)N=C(N)S[C@H]4C[C@H]43)c2)nc1. The molecule has 1 fully saturated rings. The molecule has 5 nitrogen and oxygen atoms in total. The number of terminal acetylenes is 1. The van der Waals surface area contributed by atoms with Crippen LogP contribution in [0.3, 0.4) is 0 Å². The number of carbonyl (C=O) groups is 1. The molecule has 0 amide bonds. The number of pyridine rings is 1. The minimum absolute atomic E-state index is 0.0282. The number of amidine groups is 1. The number of rotatable bonds is 7. The number of ether oxygens (including phenoxy) is 1. The Labute approximate surface area is 181 Å². The van der Waals surface area contributed by atoms with Gasteiger partial charge in [0, 0.05) is 23.2 Å². The first-order valence-corrected chi connectivity index (χ1v) is 10.4. The normalized spacial score (nSPS) is 24.0. The fourth-order valence-electron chi connectivity index (χ4n) is 3.82. The Hall–Kier alpha value is -2.99. The maximum absolute atomic E-state index is 14.7. The van der Waals surface area contributed by atoms with E-state index >= 15 is 0 Å². The van der Waals surface area contributed by atoms with Crippen LogP contribution in [0, 0.1) is 29.9 Å². The predicted octanol–water partition coefficient (Wildman–Crippen LogP) is 3.41. The molecule has 3 atom stereocenters. The van der Waals surface area contributed by atoms with E-state index in [9.17, 15) is 18.0 Å². The molecule has 1 saturated carbocycles. The van der Waals surface area contributed by atoms with Crippen LogP contribution in [0.2, 0.25) is 0 Å². The van der Waals surface area contributed by atoms with Crippen LogP contribution in [0.25, 0.3) is 0 Å². The van der Waals surface area contributed by atoms with Gasteiger partial charge in [0.05, 0.1) is 6.20 Å². The van der Waals surface area contributed by atoms with Gasteiger partial charge in [-0.1, -0.05) is 17.7 Å². The highest BCUT2D eigenvalue weighted by molar-refractivity contribution is 8.14. The molecule has 1 aliphatic carbocycles. The molecule has 1 aromatic carbocycles. The molecule has 0 saturated heterocycles. The van der Waals surface area contributed by atoms with Crippen LogP contribution in [0.15, 0.2) is 35.5 Å². The Bertz CT molecular complexity index is 1100. The van der Waals surface area contributed by atoms with Crippen LogP contribution in [0.5, 0.6) is 5.75 Å². The quantitative estimate of drug-likeness (QED) is 0.522. The van der Waals surface area contributed by atoms with Gasteiger partial charge in [0.25, 0.3) is 0 Å². The van der Waals surface area contributed by atoms with Gasteiger partial charge in [0.1, 0.15) is 30.3 Å². The molecule has 2 aromatic rings. The molecule has 0 bridgehead atoms. The van der Waals surface area contributed by atoms with Crippen molar-refractivity contribution >= 4 is 22.7 Å². The fraction of sp³-hybridized carbons (Fsp3) is 0.318. The standard InChI is InChI=1S/C22H18F3N3O2S/c1-2-5-30-13-3-4-17(27-10-13)18(29)8-12-6-15(20(25)16(24)7-12)22(11-23)14-9-19(14)31-21(26)28-22/h1,3-4,6-7,10,14,19H,5,8-9,11H2,(H2,26,28)/t14-,19+,22+/m1/s1. The summed E-state index contributed by atoms with van der Waals surface area (Å²) < 4.78 is 48.6. The number of nitrogens with two attached hydrogens (primary N) is 1. The van der Waals surface area contributed by atoms with Crippen molar-refractivity contribution in [1.29, 1.82) is 0 Å². The highest BCUT2D eigenvalue weighted by Gasteiger charge is 2.58. The summed E-state index contributed by atoms with van der Waals surface area (Å²) in [6, 6.07) is 5.23. The molecular weight excluding hydrogens is 427 g/mol. The summed E-state index contributed by atoms with van der Waals surface area (Å²) in [6.45, 7) is -0.944. The van der Waals surface area contributed by atoms with Gasteiger partial charge in [-0.05, 0) is 36.2 Å². The predicted molar refractivity (Wildman–Crippen MR) is 112 cm³/mol. The number of hydrogen-bond acceptors (Lipinski definition) is 6. The molecule has 2 N–H and O–H groups in total. The summed E-state index contributed by atoms with van der Waals surface area (Å²) in [5, 5.41) is 0.175. The summed E-state index contributed by atoms with van der Waals surface area (Å²) in [7, 11) is 0. The maximum Gasteiger partial charge on any atom is 0.185 e. The number of aliphatic imine (C=N–C) groups is 1. The van der Waals surface area contributed by atoms with E-state index < -0.39 is 29.6 Å². The van der Waals surface area contributed by atoms with Gasteiger partial charge < -0.3 is 10.5 Å². The Morgan fingerprint density at radius 3 is 2.87 bits per heavy atom. The number of Topliss-reactive ketones (excluding diaryl/α,β-unsaturated/α-hetero) is 1. The van der Waals surface area contributed by atoms with Gasteiger partial charge in [-0.3, -0.25) is 4.79 Å². The van der Waals surface area contributed by atoms with Crippen molar-refractivity contribution in [2.75, 3.05) is 13.3 Å². The number of benzene rings is 1. The molecule has 160 valence electrons. The van der Waals surface area contributed by atoms with Gasteiger partial charge in [-0.15, -0.1) is 6.42 Å². The number of carbonyl (C=O) groups excluding carboxylic acids is 1. The highest BCUT2D eigenvalue weighted by atomic mass is 32.2. The number of hydrogen-bond donors (Lipinski definition) is 1. The van der Waals surface area contributed by atoms with Gasteiger partial charge in [-0.25, -0.2) is 23.1 Å². The lowest BCUT2D eigenvalue weighted by Crippen LogP contribution is -2.37. The molecule has 2 heterocycles. The Morgan fingerprint density at radius 2 is 2.19 bits per heavy atom. The van der Waals surface area contributed by atoms with Gasteiger partial charge >= 0.3 is 0 Å². The number of alkyl halides is 1. The first-order valence-electron chi connectivity index (χ1n) is 9.50. The average Bonchev–Trinajstić information content (AvgIpc) is 3.54. The van der Waals surface area contributed by atoms with E-state index in [-0.39, 0.29) is 46.2 Å². The highest BCUT2D eigenvalue weighted by Crippen LogP contribution is 2.58. The van der Waals surface area contributed by atoms with E-state index in [1.165, 1.54) is 36.2 Å². The average molecular weight is 445 g/mol. The van der Waals surface area contributed by atoms with E-state index in [1.807, 2.05) is 0 Å². The van der Waals surface area contributed by atoms with E-state index in [1.54, 1.807) is 0 Å². The topological polar surface area (TPSA) is 77.6 Å². The van der Waals surface area contributed by atoms with Crippen molar-refractivity contribution in [2.45, 2.75) is 23.6 Å². The second-order valence-corrected chi connectivity index (χ2v) is 8.68. The second kappa shape index (κ2) is 8.27. The molecule has 1 aliphatic heterocycles. The maximum atomic E-state index is 14.7. The molecule has 4 rings (SSSR count). The van der Waals surface area contributed by atoms with Crippen molar-refractivity contribution in [3.63, 3.8) is 0 Å². The summed E-state index contributed by atoms with van der Waals surface area (Å²) in [5.41, 5.74) is 4.36. The van der Waals surface area contributed by atoms with Gasteiger partial charge in [-0.2, -0.15) is 0 Å². The largest absolute Gasteiger partial charge is 0.479 e. The molecule has 1 aromatic heterocycles. The monoisotopic (exact) mass is 445 g/mol. The zero-order valence-corrected chi connectivity index (χ0v) is 17.1. The summed E-state index contributed by atoms with van der Waals surface area (Å²) >= 11 is 1.32. The first kappa shape index (κ1) is 21.2. The number of nitrogens with zero attached hydrogens (tertiary/aromatic N) is 2. The van der Waals surface area contributed by atoms with Gasteiger partial charge in [0.2, 0.25) is 0 Å². The Balaban J connectivity index is 1.62. The minimum atomic E-state index is -1.57. The van der Waals surface area contributed by atoms with Crippen molar-refractivity contribution in [2.24, 2.45) is 16.6 Å². The van der Waals surface area contributed by atoms with Crippen molar-refractivity contribution < 1.29 is 22.7 Å². The van der Waals surface area contributed by atoms with Crippen molar-refractivity contribution in [1.82, 2.24) is 4.98 Å². The lowest BCUT2D eigenvalue weighted by atomic mass is 9.84. The first-order chi connectivity index (χ1) is 14.9. The molecule has 2 aliphatic rings. The zero-order chi connectivity index (χ0) is 22.2. The number of thioether (sulfide) groups is 1. The summed E-state index contributed by atoms with van der Waals surface area (Å²) in [4.78, 5) is 20.8. The van der Waals surface area contributed by atoms with Crippen LogP contribution >= 0.6 is 11.8 Å². The number of ketones is 1.